The lowest BCUT2D eigenvalue weighted by Gasteiger charge is -2.18. The molecule has 0 bridgehead atoms. The van der Waals surface area contributed by atoms with Gasteiger partial charge in [0.2, 0.25) is 0 Å². The first-order valence-electron chi connectivity index (χ1n) is 5.64. The number of pyridine rings is 1. The Kier molecular flexibility index (Phi) is 2.13. The summed E-state index contributed by atoms with van der Waals surface area (Å²) in [6.07, 6.45) is 1.85. The van der Waals surface area contributed by atoms with Crippen molar-refractivity contribution < 1.29 is 0 Å². The molecule has 16 heavy (non-hydrogen) atoms. The molecule has 1 aromatic carbocycles. The molecule has 0 amide bonds. The zero-order valence-electron chi connectivity index (χ0n) is 9.30. The van der Waals surface area contributed by atoms with Crippen molar-refractivity contribution in [2.24, 2.45) is 0 Å². The molecule has 1 atom stereocenters. The maximum Gasteiger partial charge on any atom is 0.132 e. The predicted molar refractivity (Wildman–Crippen MR) is 66.1 cm³/mol. The van der Waals surface area contributed by atoms with E-state index in [1.807, 2.05) is 18.3 Å². The molecule has 0 N–H and O–H groups in total. The number of hydrogen-bond donors (Lipinski definition) is 0. The van der Waals surface area contributed by atoms with E-state index < -0.39 is 0 Å². The van der Waals surface area contributed by atoms with Crippen LogP contribution in [0.1, 0.15) is 18.4 Å². The van der Waals surface area contributed by atoms with E-state index in [0.717, 1.165) is 12.4 Å². The lowest BCUT2D eigenvalue weighted by atomic mass is 10.0. The fourth-order valence-electron chi connectivity index (χ4n) is 2.35. The van der Waals surface area contributed by atoms with E-state index >= 15 is 0 Å². The average Bonchev–Trinajstić information content (AvgIpc) is 2.69. The molecule has 0 spiro atoms. The summed E-state index contributed by atoms with van der Waals surface area (Å²) in [5.74, 6) is 1.62. The van der Waals surface area contributed by atoms with Crippen molar-refractivity contribution in [1.82, 2.24) is 4.98 Å². The molecule has 0 saturated carbocycles. The van der Waals surface area contributed by atoms with Crippen LogP contribution in [0.25, 0.3) is 0 Å². The van der Waals surface area contributed by atoms with E-state index in [0.29, 0.717) is 5.92 Å². The summed E-state index contributed by atoms with van der Waals surface area (Å²) in [4.78, 5) is 6.71. The van der Waals surface area contributed by atoms with Gasteiger partial charge in [0, 0.05) is 24.3 Å². The second kappa shape index (κ2) is 3.63. The Labute approximate surface area is 95.6 Å². The summed E-state index contributed by atoms with van der Waals surface area (Å²) >= 11 is 0. The summed E-state index contributed by atoms with van der Waals surface area (Å²) < 4.78 is 0. The smallest absolute Gasteiger partial charge is 0.132 e. The van der Waals surface area contributed by atoms with Gasteiger partial charge in [-0.2, -0.15) is 0 Å². The van der Waals surface area contributed by atoms with E-state index in [1.54, 1.807) is 0 Å². The van der Waals surface area contributed by atoms with Crippen LogP contribution in [0.2, 0.25) is 0 Å². The minimum Gasteiger partial charge on any atom is -0.326 e. The number of para-hydroxylation sites is 1. The lowest BCUT2D eigenvalue weighted by molar-refractivity contribution is 0.807. The Morgan fingerprint density at radius 2 is 1.94 bits per heavy atom. The van der Waals surface area contributed by atoms with Crippen LogP contribution < -0.4 is 4.90 Å². The van der Waals surface area contributed by atoms with Crippen LogP contribution in [0.3, 0.4) is 0 Å². The number of nitrogens with zero attached hydrogens (tertiary/aromatic N) is 2. The molecule has 1 unspecified atom stereocenters. The van der Waals surface area contributed by atoms with Gasteiger partial charge in [-0.15, -0.1) is 0 Å². The highest BCUT2D eigenvalue weighted by Gasteiger charge is 2.26. The van der Waals surface area contributed by atoms with Gasteiger partial charge in [0.1, 0.15) is 5.82 Å². The summed E-state index contributed by atoms with van der Waals surface area (Å²) in [6, 6.07) is 14.6. The molecule has 0 aliphatic carbocycles. The van der Waals surface area contributed by atoms with Crippen LogP contribution in [-0.2, 0) is 0 Å². The third kappa shape index (κ3) is 1.38. The minimum absolute atomic E-state index is 0.582. The van der Waals surface area contributed by atoms with Gasteiger partial charge in [0.15, 0.2) is 0 Å². The first kappa shape index (κ1) is 9.40. The van der Waals surface area contributed by atoms with Gasteiger partial charge in [0.05, 0.1) is 0 Å². The topological polar surface area (TPSA) is 16.1 Å². The summed E-state index contributed by atoms with van der Waals surface area (Å²) in [6.45, 7) is 3.29. The molecular formula is C14H14N2. The van der Waals surface area contributed by atoms with Gasteiger partial charge >= 0.3 is 0 Å². The van der Waals surface area contributed by atoms with Gasteiger partial charge in [0.25, 0.3) is 0 Å². The Bertz CT molecular complexity index is 493. The summed E-state index contributed by atoms with van der Waals surface area (Å²) in [5, 5.41) is 0. The van der Waals surface area contributed by atoms with Crippen LogP contribution in [0.15, 0.2) is 48.7 Å². The molecule has 2 nitrogen and oxygen atoms in total. The fraction of sp³-hybridized carbons (Fsp3) is 0.214. The number of aromatic nitrogens is 1. The van der Waals surface area contributed by atoms with Crippen molar-refractivity contribution >= 4 is 11.5 Å². The SMILES string of the molecule is CC1CN(c2ccccn2)c2ccccc21. The minimum atomic E-state index is 0.582. The normalized spacial score (nSPS) is 18.6. The monoisotopic (exact) mass is 210 g/mol. The zero-order chi connectivity index (χ0) is 11.0. The van der Waals surface area contributed by atoms with Gasteiger partial charge < -0.3 is 4.90 Å². The molecular weight excluding hydrogens is 196 g/mol. The van der Waals surface area contributed by atoms with E-state index in [1.165, 1.54) is 11.3 Å². The Hall–Kier alpha value is -1.83. The molecule has 1 aromatic heterocycles. The number of hydrogen-bond acceptors (Lipinski definition) is 2. The van der Waals surface area contributed by atoms with Crippen molar-refractivity contribution in [2.45, 2.75) is 12.8 Å². The van der Waals surface area contributed by atoms with E-state index in [-0.39, 0.29) is 0 Å². The van der Waals surface area contributed by atoms with Crippen molar-refractivity contribution in [2.75, 3.05) is 11.4 Å². The van der Waals surface area contributed by atoms with Crippen LogP contribution in [-0.4, -0.2) is 11.5 Å². The second-order valence-corrected chi connectivity index (χ2v) is 4.26. The molecule has 0 radical (unpaired) electrons. The fourth-order valence-corrected chi connectivity index (χ4v) is 2.35. The number of rotatable bonds is 1. The molecule has 80 valence electrons. The van der Waals surface area contributed by atoms with Crippen molar-refractivity contribution in [3.8, 4) is 0 Å². The van der Waals surface area contributed by atoms with Gasteiger partial charge in [-0.05, 0) is 23.8 Å². The molecule has 2 heterocycles. The van der Waals surface area contributed by atoms with E-state index in [9.17, 15) is 0 Å². The Morgan fingerprint density at radius 1 is 1.12 bits per heavy atom. The van der Waals surface area contributed by atoms with Crippen molar-refractivity contribution in [3.63, 3.8) is 0 Å². The molecule has 1 aliphatic rings. The highest BCUT2D eigenvalue weighted by Crippen LogP contribution is 2.39. The first-order chi connectivity index (χ1) is 7.86. The van der Waals surface area contributed by atoms with Gasteiger partial charge in [-0.3, -0.25) is 0 Å². The average molecular weight is 210 g/mol. The highest BCUT2D eigenvalue weighted by molar-refractivity contribution is 5.68. The molecule has 0 fully saturated rings. The predicted octanol–water partition coefficient (Wildman–Crippen LogP) is 3.34. The largest absolute Gasteiger partial charge is 0.326 e. The van der Waals surface area contributed by atoms with Crippen LogP contribution in [0.5, 0.6) is 0 Å². The van der Waals surface area contributed by atoms with Crippen molar-refractivity contribution in [3.05, 3.63) is 54.2 Å². The lowest BCUT2D eigenvalue weighted by Crippen LogP contribution is -2.15. The zero-order valence-corrected chi connectivity index (χ0v) is 9.30. The highest BCUT2D eigenvalue weighted by atomic mass is 15.2. The maximum atomic E-state index is 4.42. The number of benzene rings is 1. The third-order valence-electron chi connectivity index (χ3n) is 3.14. The molecule has 3 rings (SSSR count). The molecule has 2 aromatic rings. The quantitative estimate of drug-likeness (QED) is 0.717. The van der Waals surface area contributed by atoms with Gasteiger partial charge in [-0.1, -0.05) is 31.2 Å². The molecule has 1 aliphatic heterocycles. The molecule has 0 saturated heterocycles. The Morgan fingerprint density at radius 3 is 2.75 bits per heavy atom. The summed E-state index contributed by atoms with van der Waals surface area (Å²) in [5.41, 5.74) is 2.72. The standard InChI is InChI=1S/C14H14N2/c1-11-10-16(14-8-4-5-9-15-14)13-7-3-2-6-12(11)13/h2-9,11H,10H2,1H3. The third-order valence-corrected chi connectivity index (χ3v) is 3.14. The maximum absolute atomic E-state index is 4.42. The van der Waals surface area contributed by atoms with Crippen LogP contribution in [0.4, 0.5) is 11.5 Å². The number of anilines is 2. The first-order valence-corrected chi connectivity index (χ1v) is 5.64. The Balaban J connectivity index is 2.07. The molecule has 2 heteroatoms. The van der Waals surface area contributed by atoms with Gasteiger partial charge in [-0.25, -0.2) is 4.98 Å². The summed E-state index contributed by atoms with van der Waals surface area (Å²) in [7, 11) is 0. The van der Waals surface area contributed by atoms with Crippen LogP contribution in [0, 0.1) is 0 Å². The van der Waals surface area contributed by atoms with E-state index in [2.05, 4.69) is 47.1 Å². The van der Waals surface area contributed by atoms with Crippen LogP contribution >= 0.6 is 0 Å². The number of fused-ring (bicyclic) bond motifs is 1. The van der Waals surface area contributed by atoms with E-state index in [4.69, 9.17) is 0 Å². The van der Waals surface area contributed by atoms with Crippen molar-refractivity contribution in [1.29, 1.82) is 0 Å². The second-order valence-electron chi connectivity index (χ2n) is 4.26.